The Labute approximate surface area is 48.5 Å². The molecule has 8 heavy (non-hydrogen) atoms. The summed E-state index contributed by atoms with van der Waals surface area (Å²) in [6.07, 6.45) is 0. The second kappa shape index (κ2) is 2.13. The molecule has 3 heteroatoms. The first-order chi connectivity index (χ1) is 3.80. The minimum Gasteiger partial charge on any atom is -0.353 e. The molecule has 1 atom stereocenters. The monoisotopic (exact) mass is 114 g/mol. The molecule has 0 radical (unpaired) electrons. The van der Waals surface area contributed by atoms with Crippen LogP contribution >= 0.6 is 0 Å². The van der Waals surface area contributed by atoms with Crippen LogP contribution in [0.3, 0.4) is 0 Å². The van der Waals surface area contributed by atoms with Crippen LogP contribution in [-0.4, -0.2) is 25.0 Å². The lowest BCUT2D eigenvalue weighted by Crippen LogP contribution is -2.51. The van der Waals surface area contributed by atoms with Gasteiger partial charge in [-0.2, -0.15) is 0 Å². The molecule has 1 aliphatic rings. The van der Waals surface area contributed by atoms with Crippen molar-refractivity contribution in [2.24, 2.45) is 0 Å². The molecule has 1 rings (SSSR count). The zero-order valence-electron chi connectivity index (χ0n) is 4.90. The number of piperazine rings is 1. The van der Waals surface area contributed by atoms with Crippen LogP contribution in [0.5, 0.6) is 0 Å². The largest absolute Gasteiger partial charge is 0.353 e. The normalized spacial score (nSPS) is 29.6. The lowest BCUT2D eigenvalue weighted by Gasteiger charge is -2.19. The fourth-order valence-corrected chi connectivity index (χ4v) is 0.720. The van der Waals surface area contributed by atoms with Crippen LogP contribution in [0.25, 0.3) is 0 Å². The maximum atomic E-state index is 10.6. The topological polar surface area (TPSA) is 41.1 Å². The third-order valence-electron chi connectivity index (χ3n) is 1.27. The molecule has 0 aromatic rings. The Balaban J connectivity index is 2.39. The van der Waals surface area contributed by atoms with E-state index in [4.69, 9.17) is 0 Å². The van der Waals surface area contributed by atoms with Gasteiger partial charge in [0.1, 0.15) is 0 Å². The molecule has 0 aromatic carbocycles. The summed E-state index contributed by atoms with van der Waals surface area (Å²) < 4.78 is 0. The molecule has 1 fully saturated rings. The smallest absolute Gasteiger partial charge is 0.236 e. The average molecular weight is 114 g/mol. The van der Waals surface area contributed by atoms with Crippen molar-refractivity contribution < 1.29 is 4.79 Å². The third-order valence-corrected chi connectivity index (χ3v) is 1.27. The van der Waals surface area contributed by atoms with E-state index >= 15 is 0 Å². The zero-order chi connectivity index (χ0) is 5.98. The van der Waals surface area contributed by atoms with Crippen LogP contribution in [0, 0.1) is 0 Å². The quantitative estimate of drug-likeness (QED) is 0.428. The van der Waals surface area contributed by atoms with Gasteiger partial charge in [-0.1, -0.05) is 0 Å². The maximum Gasteiger partial charge on any atom is 0.236 e. The number of nitrogens with one attached hydrogen (secondary N) is 2. The number of hydrogen-bond donors (Lipinski definition) is 2. The van der Waals surface area contributed by atoms with Crippen LogP contribution in [-0.2, 0) is 4.79 Å². The molecule has 1 heterocycles. The lowest BCUT2D eigenvalue weighted by atomic mass is 10.2. The van der Waals surface area contributed by atoms with Crippen molar-refractivity contribution in [3.63, 3.8) is 0 Å². The van der Waals surface area contributed by atoms with Crippen molar-refractivity contribution in [3.05, 3.63) is 0 Å². The minimum absolute atomic E-state index is 0.00347. The van der Waals surface area contributed by atoms with E-state index in [0.717, 1.165) is 13.1 Å². The Hall–Kier alpha value is -0.570. The summed E-state index contributed by atoms with van der Waals surface area (Å²) in [6, 6.07) is 0.00347. The highest BCUT2D eigenvalue weighted by molar-refractivity contribution is 5.81. The van der Waals surface area contributed by atoms with Crippen LogP contribution in [0.2, 0.25) is 0 Å². The van der Waals surface area contributed by atoms with E-state index in [1.807, 2.05) is 6.92 Å². The zero-order valence-corrected chi connectivity index (χ0v) is 4.90. The van der Waals surface area contributed by atoms with E-state index in [1.54, 1.807) is 0 Å². The molecule has 0 saturated carbocycles. The molecule has 1 aliphatic heterocycles. The third kappa shape index (κ3) is 0.980. The van der Waals surface area contributed by atoms with Crippen LogP contribution in [0.4, 0.5) is 0 Å². The standard InChI is InChI=1S/C5H10N2O/c1-4-5(8)7-3-2-6-4/h4,6H,2-3H2,1H3,(H,7,8)/t4-/m1/s1. The molecule has 46 valence electrons. The molecule has 1 saturated heterocycles. The van der Waals surface area contributed by atoms with E-state index in [2.05, 4.69) is 10.6 Å². The molecular formula is C5H10N2O. The van der Waals surface area contributed by atoms with Crippen molar-refractivity contribution >= 4 is 5.91 Å². The van der Waals surface area contributed by atoms with Crippen molar-refractivity contribution in [3.8, 4) is 0 Å². The molecule has 3 nitrogen and oxygen atoms in total. The van der Waals surface area contributed by atoms with Crippen LogP contribution in [0.1, 0.15) is 6.92 Å². The number of carbonyl (C=O) groups excluding carboxylic acids is 1. The molecule has 1 amide bonds. The maximum absolute atomic E-state index is 10.6. The van der Waals surface area contributed by atoms with Crippen LogP contribution in [0.15, 0.2) is 0 Å². The van der Waals surface area contributed by atoms with Gasteiger partial charge in [0.25, 0.3) is 0 Å². The van der Waals surface area contributed by atoms with Gasteiger partial charge < -0.3 is 10.6 Å². The average Bonchev–Trinajstić information content (AvgIpc) is 1.77. The second-order valence-corrected chi connectivity index (χ2v) is 1.97. The Kier molecular flexibility index (Phi) is 1.48. The molecule has 0 unspecified atom stereocenters. The fraction of sp³-hybridized carbons (Fsp3) is 0.800. The van der Waals surface area contributed by atoms with E-state index in [0.29, 0.717) is 0 Å². The Bertz CT molecular complexity index is 103. The lowest BCUT2D eigenvalue weighted by molar-refractivity contribution is -0.123. The van der Waals surface area contributed by atoms with Gasteiger partial charge in [-0.25, -0.2) is 0 Å². The van der Waals surface area contributed by atoms with E-state index < -0.39 is 0 Å². The number of hydrogen-bond acceptors (Lipinski definition) is 2. The number of carbonyl (C=O) groups is 1. The minimum atomic E-state index is 0.00347. The summed E-state index contributed by atoms with van der Waals surface area (Å²) in [4.78, 5) is 10.6. The predicted molar refractivity (Wildman–Crippen MR) is 30.5 cm³/mol. The fourth-order valence-electron chi connectivity index (χ4n) is 0.720. The van der Waals surface area contributed by atoms with Crippen molar-refractivity contribution in [2.45, 2.75) is 13.0 Å². The number of amides is 1. The molecule has 0 spiro atoms. The SMILES string of the molecule is C[C@H]1NCCNC1=O. The second-order valence-electron chi connectivity index (χ2n) is 1.97. The summed E-state index contributed by atoms with van der Waals surface area (Å²) in [6.45, 7) is 3.52. The van der Waals surface area contributed by atoms with Crippen molar-refractivity contribution in [1.29, 1.82) is 0 Å². The first-order valence-corrected chi connectivity index (χ1v) is 2.82. The van der Waals surface area contributed by atoms with Gasteiger partial charge in [0, 0.05) is 13.1 Å². The highest BCUT2D eigenvalue weighted by Crippen LogP contribution is 1.84. The molecule has 2 N–H and O–H groups in total. The summed E-state index contributed by atoms with van der Waals surface area (Å²) in [5, 5.41) is 5.75. The Morgan fingerprint density at radius 1 is 1.62 bits per heavy atom. The Morgan fingerprint density at radius 2 is 2.38 bits per heavy atom. The van der Waals surface area contributed by atoms with Gasteiger partial charge in [-0.05, 0) is 6.92 Å². The first kappa shape index (κ1) is 5.56. The molecular weight excluding hydrogens is 104 g/mol. The van der Waals surface area contributed by atoms with E-state index in [1.165, 1.54) is 0 Å². The summed E-state index contributed by atoms with van der Waals surface area (Å²) in [5.74, 6) is 0.108. The van der Waals surface area contributed by atoms with Gasteiger partial charge in [0.2, 0.25) is 5.91 Å². The Morgan fingerprint density at radius 3 is 2.75 bits per heavy atom. The van der Waals surface area contributed by atoms with Gasteiger partial charge in [-0.15, -0.1) is 0 Å². The molecule has 0 aromatic heterocycles. The van der Waals surface area contributed by atoms with Crippen molar-refractivity contribution in [1.82, 2.24) is 10.6 Å². The summed E-state index contributed by atoms with van der Waals surface area (Å²) >= 11 is 0. The van der Waals surface area contributed by atoms with Gasteiger partial charge >= 0.3 is 0 Å². The summed E-state index contributed by atoms with van der Waals surface area (Å²) in [5.41, 5.74) is 0. The number of rotatable bonds is 0. The predicted octanol–water partition coefficient (Wildman–Crippen LogP) is -0.906. The van der Waals surface area contributed by atoms with E-state index in [-0.39, 0.29) is 11.9 Å². The van der Waals surface area contributed by atoms with E-state index in [9.17, 15) is 4.79 Å². The van der Waals surface area contributed by atoms with Gasteiger partial charge in [0.15, 0.2) is 0 Å². The molecule has 0 bridgehead atoms. The highest BCUT2D eigenvalue weighted by Gasteiger charge is 2.14. The van der Waals surface area contributed by atoms with Gasteiger partial charge in [-0.3, -0.25) is 4.79 Å². The molecule has 0 aliphatic carbocycles. The van der Waals surface area contributed by atoms with Gasteiger partial charge in [0.05, 0.1) is 6.04 Å². The van der Waals surface area contributed by atoms with Crippen molar-refractivity contribution in [2.75, 3.05) is 13.1 Å². The highest BCUT2D eigenvalue weighted by atomic mass is 16.2. The van der Waals surface area contributed by atoms with Crippen LogP contribution < -0.4 is 10.6 Å². The summed E-state index contributed by atoms with van der Waals surface area (Å²) in [7, 11) is 0. The first-order valence-electron chi connectivity index (χ1n) is 2.82.